The Balaban J connectivity index is 0.000000720. The van der Waals surface area contributed by atoms with Crippen molar-refractivity contribution in [1.82, 2.24) is 0 Å². The summed E-state index contributed by atoms with van der Waals surface area (Å²) in [6, 6.07) is 10.1. The summed E-state index contributed by atoms with van der Waals surface area (Å²) in [5, 5.41) is 2.38. The number of benzene rings is 1. The summed E-state index contributed by atoms with van der Waals surface area (Å²) in [6.07, 6.45) is 3.73. The molecule has 62 valence electrons. The molecule has 1 aromatic carbocycles. The Kier molecular flexibility index (Phi) is 2.51. The topological polar surface area (TPSA) is 29.9 Å². The smallest absolute Gasteiger partial charge is 0.206 e. The molecule has 0 aliphatic heterocycles. The van der Waals surface area contributed by atoms with Crippen molar-refractivity contribution in [2.75, 3.05) is 5.84 Å². The number of nitrogens with zero attached hydrogens (tertiary/aromatic N) is 1. The fraction of sp³-hybridized carbons (Fsp3) is 0. The van der Waals surface area contributed by atoms with E-state index in [0.717, 1.165) is 5.39 Å². The molecule has 0 bridgehead atoms. The highest BCUT2D eigenvalue weighted by Crippen LogP contribution is 2.08. The number of hydrogen-bond donors (Lipinski definition) is 1. The molecular formula is C9H9ClN2. The Bertz CT molecular complexity index is 387. The Hall–Kier alpha value is -1.28. The number of aromatic nitrogens is 1. The first-order valence-electron chi connectivity index (χ1n) is 3.51. The maximum atomic E-state index is 5.54. The maximum Gasteiger partial charge on any atom is 0.206 e. The molecule has 0 aliphatic carbocycles. The summed E-state index contributed by atoms with van der Waals surface area (Å²) < 4.78 is 1.56. The van der Waals surface area contributed by atoms with Gasteiger partial charge in [-0.2, -0.15) is 0 Å². The van der Waals surface area contributed by atoms with Crippen LogP contribution in [0, 0.1) is 0 Å². The van der Waals surface area contributed by atoms with Gasteiger partial charge in [-0.25, -0.2) is 5.84 Å². The SMILES string of the molecule is N[n+]1ccc2ccccc2c1.[Cl-]. The first kappa shape index (κ1) is 8.81. The molecule has 0 atom stereocenters. The van der Waals surface area contributed by atoms with Crippen LogP contribution in [0.3, 0.4) is 0 Å². The highest BCUT2D eigenvalue weighted by Gasteiger charge is 1.95. The quantitative estimate of drug-likeness (QED) is 0.364. The summed E-state index contributed by atoms with van der Waals surface area (Å²) in [4.78, 5) is 0. The highest BCUT2D eigenvalue weighted by molar-refractivity contribution is 5.80. The third-order valence-corrected chi connectivity index (χ3v) is 1.71. The lowest BCUT2D eigenvalue weighted by molar-refractivity contribution is -0.637. The van der Waals surface area contributed by atoms with E-state index in [2.05, 4.69) is 6.07 Å². The normalized spacial score (nSPS) is 9.33. The Morgan fingerprint density at radius 3 is 2.42 bits per heavy atom. The largest absolute Gasteiger partial charge is 1.00 e. The van der Waals surface area contributed by atoms with Crippen molar-refractivity contribution >= 4 is 10.8 Å². The predicted octanol–water partition coefficient (Wildman–Crippen LogP) is -2.15. The lowest BCUT2D eigenvalue weighted by Gasteiger charge is -1.91. The summed E-state index contributed by atoms with van der Waals surface area (Å²) in [5.41, 5.74) is 0. The van der Waals surface area contributed by atoms with Gasteiger partial charge in [0.1, 0.15) is 0 Å². The Morgan fingerprint density at radius 1 is 1.00 bits per heavy atom. The van der Waals surface area contributed by atoms with Crippen molar-refractivity contribution < 1.29 is 17.1 Å². The minimum atomic E-state index is 0. The lowest BCUT2D eigenvalue weighted by Crippen LogP contribution is -3.00. The third kappa shape index (κ3) is 1.48. The minimum absolute atomic E-state index is 0. The van der Waals surface area contributed by atoms with Gasteiger partial charge in [0, 0.05) is 11.5 Å². The van der Waals surface area contributed by atoms with E-state index in [1.165, 1.54) is 5.39 Å². The molecule has 2 rings (SSSR count). The second-order valence-corrected chi connectivity index (χ2v) is 2.52. The molecule has 0 saturated heterocycles. The predicted molar refractivity (Wildman–Crippen MR) is 44.3 cm³/mol. The number of fused-ring (bicyclic) bond motifs is 1. The van der Waals surface area contributed by atoms with Gasteiger partial charge in [-0.15, -0.1) is 0 Å². The molecule has 0 radical (unpaired) electrons. The van der Waals surface area contributed by atoms with E-state index < -0.39 is 0 Å². The summed E-state index contributed by atoms with van der Waals surface area (Å²) >= 11 is 0. The van der Waals surface area contributed by atoms with Crippen LogP contribution in [0.5, 0.6) is 0 Å². The maximum absolute atomic E-state index is 5.54. The molecule has 3 heteroatoms. The molecule has 0 fully saturated rings. The van der Waals surface area contributed by atoms with E-state index >= 15 is 0 Å². The zero-order chi connectivity index (χ0) is 7.68. The molecule has 0 unspecified atom stereocenters. The molecule has 1 aromatic heterocycles. The number of nitrogens with two attached hydrogens (primary N) is 1. The third-order valence-electron chi connectivity index (χ3n) is 1.71. The van der Waals surface area contributed by atoms with Gasteiger partial charge in [-0.3, -0.25) is 0 Å². The van der Waals surface area contributed by atoms with E-state index in [9.17, 15) is 0 Å². The van der Waals surface area contributed by atoms with Crippen LogP contribution >= 0.6 is 0 Å². The van der Waals surface area contributed by atoms with Gasteiger partial charge >= 0.3 is 0 Å². The molecule has 1 heterocycles. The first-order chi connectivity index (χ1) is 5.36. The van der Waals surface area contributed by atoms with Crippen LogP contribution in [0.1, 0.15) is 0 Å². The number of rotatable bonds is 0. The van der Waals surface area contributed by atoms with Crippen LogP contribution in [-0.2, 0) is 0 Å². The fourth-order valence-corrected chi connectivity index (χ4v) is 1.15. The van der Waals surface area contributed by atoms with Crippen molar-refractivity contribution in [2.45, 2.75) is 0 Å². The van der Waals surface area contributed by atoms with Crippen molar-refractivity contribution in [3.8, 4) is 0 Å². The molecule has 2 N–H and O–H groups in total. The van der Waals surface area contributed by atoms with Crippen LogP contribution in [0.25, 0.3) is 10.8 Å². The van der Waals surface area contributed by atoms with Crippen LogP contribution in [0.15, 0.2) is 42.7 Å². The number of pyridine rings is 1. The average molecular weight is 181 g/mol. The fourth-order valence-electron chi connectivity index (χ4n) is 1.15. The van der Waals surface area contributed by atoms with Gasteiger partial charge in [0.05, 0.1) is 0 Å². The van der Waals surface area contributed by atoms with Crippen molar-refractivity contribution in [3.05, 3.63) is 42.7 Å². The Labute approximate surface area is 77.0 Å². The molecule has 12 heavy (non-hydrogen) atoms. The van der Waals surface area contributed by atoms with Crippen LogP contribution < -0.4 is 22.9 Å². The van der Waals surface area contributed by atoms with Gasteiger partial charge in [-0.1, -0.05) is 22.9 Å². The van der Waals surface area contributed by atoms with Crippen molar-refractivity contribution in [1.29, 1.82) is 0 Å². The molecule has 0 saturated carbocycles. The van der Waals surface area contributed by atoms with Gasteiger partial charge in [0.25, 0.3) is 0 Å². The zero-order valence-corrected chi connectivity index (χ0v) is 7.20. The van der Waals surface area contributed by atoms with Crippen LogP contribution in [0.4, 0.5) is 0 Å². The van der Waals surface area contributed by atoms with Crippen LogP contribution in [-0.4, -0.2) is 0 Å². The highest BCUT2D eigenvalue weighted by atomic mass is 35.5. The molecule has 0 aliphatic rings. The molecule has 2 aromatic rings. The van der Waals surface area contributed by atoms with Crippen molar-refractivity contribution in [3.63, 3.8) is 0 Å². The summed E-state index contributed by atoms with van der Waals surface area (Å²) in [7, 11) is 0. The Morgan fingerprint density at radius 2 is 1.67 bits per heavy atom. The average Bonchev–Trinajstić information content (AvgIpc) is 2.04. The standard InChI is InChI=1S/C9H9N2.ClH/c10-11-6-5-8-3-1-2-4-9(8)7-11;/h1-7H,10H2;1H/q+1;/p-1. The van der Waals surface area contributed by atoms with Gasteiger partial charge in [-0.05, 0) is 11.5 Å². The zero-order valence-electron chi connectivity index (χ0n) is 6.44. The van der Waals surface area contributed by atoms with Crippen molar-refractivity contribution in [2.24, 2.45) is 0 Å². The number of halogens is 1. The summed E-state index contributed by atoms with van der Waals surface area (Å²) in [5.74, 6) is 5.54. The van der Waals surface area contributed by atoms with E-state index in [-0.39, 0.29) is 12.4 Å². The van der Waals surface area contributed by atoms with E-state index in [1.54, 1.807) is 4.68 Å². The van der Waals surface area contributed by atoms with E-state index in [0.29, 0.717) is 0 Å². The minimum Gasteiger partial charge on any atom is -1.00 e. The van der Waals surface area contributed by atoms with Crippen LogP contribution in [0.2, 0.25) is 0 Å². The van der Waals surface area contributed by atoms with E-state index in [4.69, 9.17) is 5.84 Å². The molecule has 0 spiro atoms. The van der Waals surface area contributed by atoms with Gasteiger partial charge in [0.2, 0.25) is 6.20 Å². The van der Waals surface area contributed by atoms with E-state index in [1.807, 2.05) is 36.7 Å². The molecule has 2 nitrogen and oxygen atoms in total. The second-order valence-electron chi connectivity index (χ2n) is 2.52. The first-order valence-corrected chi connectivity index (χ1v) is 3.51. The monoisotopic (exact) mass is 180 g/mol. The van der Waals surface area contributed by atoms with Gasteiger partial charge < -0.3 is 12.4 Å². The molecular weight excluding hydrogens is 172 g/mol. The summed E-state index contributed by atoms with van der Waals surface area (Å²) in [6.45, 7) is 0. The second kappa shape index (κ2) is 3.41. The number of hydrogen-bond acceptors (Lipinski definition) is 1. The van der Waals surface area contributed by atoms with Gasteiger partial charge in [0.15, 0.2) is 6.20 Å². The number of nitrogen functional groups attached to an aromatic ring is 1. The molecule has 0 amide bonds. The lowest BCUT2D eigenvalue weighted by atomic mass is 10.2.